The summed E-state index contributed by atoms with van der Waals surface area (Å²) in [5.74, 6) is 0. The number of nitrogens with zero attached hydrogens (tertiary/aromatic N) is 3. The molecule has 0 aliphatic carbocycles. The molecule has 130 valence electrons. The summed E-state index contributed by atoms with van der Waals surface area (Å²) in [6.07, 6.45) is 3.97. The van der Waals surface area contributed by atoms with Gasteiger partial charge in [0.2, 0.25) is 0 Å². The summed E-state index contributed by atoms with van der Waals surface area (Å²) in [6, 6.07) is 19.1. The van der Waals surface area contributed by atoms with E-state index in [1.165, 1.54) is 16.7 Å². The van der Waals surface area contributed by atoms with Gasteiger partial charge in [-0.1, -0.05) is 60.2 Å². The van der Waals surface area contributed by atoms with Crippen molar-refractivity contribution in [3.8, 4) is 0 Å². The topological polar surface area (TPSA) is 18.8 Å². The van der Waals surface area contributed by atoms with E-state index in [0.717, 1.165) is 37.2 Å². The highest BCUT2D eigenvalue weighted by molar-refractivity contribution is 9.12. The highest BCUT2D eigenvalue weighted by Gasteiger charge is 2.15. The summed E-state index contributed by atoms with van der Waals surface area (Å²) in [6.45, 7) is 7.18. The minimum atomic E-state index is 0.966. The molecule has 3 nitrogen and oxygen atoms in total. The number of hydrazone groups is 1. The van der Waals surface area contributed by atoms with E-state index >= 15 is 0 Å². The summed E-state index contributed by atoms with van der Waals surface area (Å²) in [7, 11) is 0. The van der Waals surface area contributed by atoms with Crippen LogP contribution in [0.15, 0.2) is 64.2 Å². The van der Waals surface area contributed by atoms with Crippen LogP contribution in [0.3, 0.4) is 0 Å². The minimum Gasteiger partial charge on any atom is -0.295 e. The van der Waals surface area contributed by atoms with Gasteiger partial charge in [0.05, 0.1) is 6.21 Å². The number of hydrogen-bond donors (Lipinski definition) is 0. The van der Waals surface area contributed by atoms with Crippen LogP contribution in [-0.2, 0) is 6.54 Å². The van der Waals surface area contributed by atoms with Gasteiger partial charge in [-0.25, -0.2) is 0 Å². The summed E-state index contributed by atoms with van der Waals surface area (Å²) in [4.78, 5) is 2.49. The van der Waals surface area contributed by atoms with E-state index in [1.807, 2.05) is 24.4 Å². The van der Waals surface area contributed by atoms with Gasteiger partial charge in [0.1, 0.15) is 0 Å². The van der Waals surface area contributed by atoms with Crippen LogP contribution in [0.2, 0.25) is 0 Å². The molecule has 25 heavy (non-hydrogen) atoms. The van der Waals surface area contributed by atoms with E-state index in [4.69, 9.17) is 0 Å². The molecule has 0 amide bonds. The highest BCUT2D eigenvalue weighted by atomic mass is 79.9. The standard InChI is InChI=1S/C21H24BrN3/c1-18-7-9-20(10-8-18)17-24-11-13-25(14-12-24)23-16-21(22)15-19-5-3-2-4-6-19/h2-10,15-16H,11-14,17H2,1H3. The quantitative estimate of drug-likeness (QED) is 0.689. The van der Waals surface area contributed by atoms with Crippen LogP contribution in [0.4, 0.5) is 0 Å². The monoisotopic (exact) mass is 397 g/mol. The van der Waals surface area contributed by atoms with E-state index < -0.39 is 0 Å². The van der Waals surface area contributed by atoms with Crippen molar-refractivity contribution in [2.75, 3.05) is 26.2 Å². The van der Waals surface area contributed by atoms with Gasteiger partial charge < -0.3 is 0 Å². The SMILES string of the molecule is Cc1ccc(CN2CCN(N=CC(Br)=Cc3ccccc3)CC2)cc1. The van der Waals surface area contributed by atoms with Crippen LogP contribution in [-0.4, -0.2) is 42.3 Å². The molecular formula is C21H24BrN3. The van der Waals surface area contributed by atoms with Crippen molar-refractivity contribution in [1.29, 1.82) is 0 Å². The first-order valence-electron chi connectivity index (χ1n) is 8.68. The van der Waals surface area contributed by atoms with Gasteiger partial charge in [0, 0.05) is 37.2 Å². The van der Waals surface area contributed by atoms with Gasteiger partial charge >= 0.3 is 0 Å². The van der Waals surface area contributed by atoms with Crippen molar-refractivity contribution < 1.29 is 0 Å². The molecule has 0 N–H and O–H groups in total. The molecule has 1 aliphatic heterocycles. The molecule has 1 saturated heterocycles. The molecule has 0 radical (unpaired) electrons. The number of aryl methyl sites for hydroxylation is 1. The van der Waals surface area contributed by atoms with E-state index in [2.05, 4.69) is 80.3 Å². The van der Waals surface area contributed by atoms with Crippen LogP contribution in [0.5, 0.6) is 0 Å². The molecule has 0 aromatic heterocycles. The van der Waals surface area contributed by atoms with Gasteiger partial charge in [-0.2, -0.15) is 5.10 Å². The van der Waals surface area contributed by atoms with Gasteiger partial charge in [0.15, 0.2) is 0 Å². The van der Waals surface area contributed by atoms with Crippen molar-refractivity contribution in [1.82, 2.24) is 9.91 Å². The lowest BCUT2D eigenvalue weighted by molar-refractivity contribution is 0.131. The van der Waals surface area contributed by atoms with Crippen molar-refractivity contribution in [3.63, 3.8) is 0 Å². The first-order chi connectivity index (χ1) is 12.2. The van der Waals surface area contributed by atoms with Crippen molar-refractivity contribution in [2.24, 2.45) is 5.10 Å². The fourth-order valence-corrected chi connectivity index (χ4v) is 3.20. The van der Waals surface area contributed by atoms with Crippen LogP contribution in [0.1, 0.15) is 16.7 Å². The smallest absolute Gasteiger partial charge is 0.0612 e. The van der Waals surface area contributed by atoms with Crippen molar-refractivity contribution in [2.45, 2.75) is 13.5 Å². The van der Waals surface area contributed by atoms with Gasteiger partial charge in [-0.3, -0.25) is 9.91 Å². The van der Waals surface area contributed by atoms with E-state index in [0.29, 0.717) is 0 Å². The Kier molecular flexibility index (Phi) is 6.42. The lowest BCUT2D eigenvalue weighted by Crippen LogP contribution is -2.43. The Morgan fingerprint density at radius 2 is 1.68 bits per heavy atom. The Morgan fingerprint density at radius 3 is 2.36 bits per heavy atom. The molecular weight excluding hydrogens is 374 g/mol. The van der Waals surface area contributed by atoms with Crippen molar-refractivity contribution in [3.05, 3.63) is 75.8 Å². The number of allylic oxidation sites excluding steroid dienone is 1. The average molecular weight is 398 g/mol. The summed E-state index contributed by atoms with van der Waals surface area (Å²) in [5, 5.41) is 6.74. The maximum Gasteiger partial charge on any atom is 0.0612 e. The second-order valence-electron chi connectivity index (χ2n) is 6.40. The minimum absolute atomic E-state index is 0.966. The predicted octanol–water partition coefficient (Wildman–Crippen LogP) is 4.53. The van der Waals surface area contributed by atoms with E-state index in [9.17, 15) is 0 Å². The van der Waals surface area contributed by atoms with Crippen LogP contribution in [0, 0.1) is 6.92 Å². The normalized spacial score (nSPS) is 16.6. The summed E-state index contributed by atoms with van der Waals surface area (Å²) >= 11 is 3.58. The molecule has 0 spiro atoms. The number of hydrogen-bond acceptors (Lipinski definition) is 3. The lowest BCUT2D eigenvalue weighted by Gasteiger charge is -2.33. The molecule has 0 saturated carbocycles. The second kappa shape index (κ2) is 8.97. The first kappa shape index (κ1) is 17.9. The Hall–Kier alpha value is -1.91. The van der Waals surface area contributed by atoms with Crippen LogP contribution >= 0.6 is 15.9 Å². The fourth-order valence-electron chi connectivity index (χ4n) is 2.85. The first-order valence-corrected chi connectivity index (χ1v) is 9.47. The second-order valence-corrected chi connectivity index (χ2v) is 7.32. The fraction of sp³-hybridized carbons (Fsp3) is 0.286. The molecule has 1 heterocycles. The molecule has 0 atom stereocenters. The molecule has 4 heteroatoms. The Labute approximate surface area is 158 Å². The largest absolute Gasteiger partial charge is 0.295 e. The lowest BCUT2D eigenvalue weighted by atomic mass is 10.1. The third-order valence-electron chi connectivity index (χ3n) is 4.32. The van der Waals surface area contributed by atoms with Crippen LogP contribution in [0.25, 0.3) is 6.08 Å². The zero-order valence-electron chi connectivity index (χ0n) is 14.6. The molecule has 0 bridgehead atoms. The molecule has 1 fully saturated rings. The van der Waals surface area contributed by atoms with E-state index in [1.54, 1.807) is 0 Å². The average Bonchev–Trinajstić information content (AvgIpc) is 2.64. The molecule has 2 aromatic rings. The molecule has 3 rings (SSSR count). The Bertz CT molecular complexity index is 715. The Morgan fingerprint density at radius 1 is 1.00 bits per heavy atom. The summed E-state index contributed by atoms with van der Waals surface area (Å²) < 4.78 is 0.987. The van der Waals surface area contributed by atoms with E-state index in [-0.39, 0.29) is 0 Å². The zero-order valence-corrected chi connectivity index (χ0v) is 16.2. The van der Waals surface area contributed by atoms with Crippen molar-refractivity contribution >= 4 is 28.2 Å². The maximum absolute atomic E-state index is 4.60. The number of rotatable bonds is 5. The number of piperazine rings is 1. The molecule has 1 aliphatic rings. The third kappa shape index (κ3) is 5.83. The number of halogens is 1. The molecule has 2 aromatic carbocycles. The van der Waals surface area contributed by atoms with Gasteiger partial charge in [-0.15, -0.1) is 0 Å². The van der Waals surface area contributed by atoms with Gasteiger partial charge in [-0.05, 0) is 40.1 Å². The Balaban J connectivity index is 1.47. The van der Waals surface area contributed by atoms with Crippen LogP contribution < -0.4 is 0 Å². The highest BCUT2D eigenvalue weighted by Crippen LogP contribution is 2.12. The third-order valence-corrected chi connectivity index (χ3v) is 4.76. The van der Waals surface area contributed by atoms with Gasteiger partial charge in [0.25, 0.3) is 0 Å². The number of benzene rings is 2. The maximum atomic E-state index is 4.60. The zero-order chi connectivity index (χ0) is 17.5. The molecule has 0 unspecified atom stereocenters. The summed E-state index contributed by atoms with van der Waals surface area (Å²) in [5.41, 5.74) is 3.87. The predicted molar refractivity (Wildman–Crippen MR) is 110 cm³/mol.